The molecule has 0 saturated heterocycles. The van der Waals surface area contributed by atoms with E-state index in [2.05, 4.69) is 58.1 Å². The quantitative estimate of drug-likeness (QED) is 0.804. The maximum atomic E-state index is 10.9. The Labute approximate surface area is 161 Å². The van der Waals surface area contributed by atoms with Gasteiger partial charge in [0.05, 0.1) is 11.4 Å². The lowest BCUT2D eigenvalue weighted by atomic mass is 9.78. The van der Waals surface area contributed by atoms with Gasteiger partial charge < -0.3 is 5.11 Å². The van der Waals surface area contributed by atoms with Crippen LogP contribution in [0.1, 0.15) is 63.8 Å². The van der Waals surface area contributed by atoms with E-state index >= 15 is 0 Å². The molecule has 2 aromatic rings. The van der Waals surface area contributed by atoms with Crippen molar-refractivity contribution in [3.63, 3.8) is 0 Å². The van der Waals surface area contributed by atoms with E-state index in [9.17, 15) is 5.11 Å². The molecule has 2 heterocycles. The average Bonchev–Trinajstić information content (AvgIpc) is 2.95. The van der Waals surface area contributed by atoms with E-state index in [1.807, 2.05) is 24.3 Å². The van der Waals surface area contributed by atoms with Gasteiger partial charge in [0.1, 0.15) is 5.75 Å². The minimum atomic E-state index is -0.202. The number of hydrogen-bond acceptors (Lipinski definition) is 4. The van der Waals surface area contributed by atoms with E-state index < -0.39 is 0 Å². The zero-order chi connectivity index (χ0) is 20.0. The number of pyridine rings is 1. The fourth-order valence-corrected chi connectivity index (χ4v) is 3.15. The molecule has 0 saturated carbocycles. The van der Waals surface area contributed by atoms with Crippen molar-refractivity contribution in [2.75, 3.05) is 0 Å². The first-order valence-corrected chi connectivity index (χ1v) is 9.14. The SMILES string of the molecule is C=C1N=C(c2cc(C(C)(C)C)c(O)c(C(C)(C)C)c2)N=C1c1cccnc1. The summed E-state index contributed by atoms with van der Waals surface area (Å²) in [5, 5.41) is 10.9. The highest BCUT2D eigenvalue weighted by Gasteiger charge is 2.28. The summed E-state index contributed by atoms with van der Waals surface area (Å²) in [5.41, 5.74) is 4.53. The van der Waals surface area contributed by atoms with Crippen LogP contribution in [0.5, 0.6) is 5.75 Å². The van der Waals surface area contributed by atoms with Gasteiger partial charge in [0.25, 0.3) is 0 Å². The molecular weight excluding hydrogens is 334 g/mol. The van der Waals surface area contributed by atoms with Crippen molar-refractivity contribution in [1.82, 2.24) is 4.98 Å². The van der Waals surface area contributed by atoms with Crippen molar-refractivity contribution in [1.29, 1.82) is 0 Å². The minimum absolute atomic E-state index is 0.202. The normalized spacial score (nSPS) is 15.0. The molecule has 0 amide bonds. The molecule has 1 aromatic heterocycles. The molecule has 0 radical (unpaired) electrons. The zero-order valence-corrected chi connectivity index (χ0v) is 17.0. The van der Waals surface area contributed by atoms with Gasteiger partial charge in [0, 0.05) is 34.6 Å². The van der Waals surface area contributed by atoms with E-state index in [1.54, 1.807) is 12.4 Å². The van der Waals surface area contributed by atoms with Crippen LogP contribution in [0, 0.1) is 0 Å². The van der Waals surface area contributed by atoms with Gasteiger partial charge in [-0.3, -0.25) is 4.98 Å². The fraction of sp³-hybridized carbons (Fsp3) is 0.348. The zero-order valence-electron chi connectivity index (χ0n) is 17.0. The van der Waals surface area contributed by atoms with Gasteiger partial charge in [0.2, 0.25) is 0 Å². The maximum absolute atomic E-state index is 10.9. The molecule has 0 aliphatic carbocycles. The number of allylic oxidation sites excluding steroid dienone is 1. The van der Waals surface area contributed by atoms with E-state index in [1.165, 1.54) is 0 Å². The smallest absolute Gasteiger partial charge is 0.160 e. The predicted octanol–water partition coefficient (Wildman–Crippen LogP) is 5.15. The predicted molar refractivity (Wildman–Crippen MR) is 112 cm³/mol. The van der Waals surface area contributed by atoms with Crippen LogP contribution >= 0.6 is 0 Å². The van der Waals surface area contributed by atoms with Gasteiger partial charge in [-0.25, -0.2) is 9.98 Å². The van der Waals surface area contributed by atoms with Crippen LogP contribution in [0.3, 0.4) is 0 Å². The van der Waals surface area contributed by atoms with Crippen molar-refractivity contribution < 1.29 is 5.11 Å². The largest absolute Gasteiger partial charge is 0.507 e. The van der Waals surface area contributed by atoms with Crippen LogP contribution < -0.4 is 0 Å². The van der Waals surface area contributed by atoms with Gasteiger partial charge in [-0.2, -0.15) is 0 Å². The number of aromatic hydroxyl groups is 1. The Morgan fingerprint density at radius 1 is 0.889 bits per heavy atom. The standard InChI is InChI=1S/C23H27N3O/c1-14-19(15-9-8-10-24-13-15)26-21(25-14)16-11-17(22(2,3)4)20(27)18(12-16)23(5,6)7/h8-13,27H,1H2,2-7H3. The molecule has 0 atom stereocenters. The second-order valence-electron chi connectivity index (χ2n) is 9.00. The molecule has 140 valence electrons. The summed E-state index contributed by atoms with van der Waals surface area (Å²) >= 11 is 0. The highest BCUT2D eigenvalue weighted by atomic mass is 16.3. The molecule has 0 spiro atoms. The topological polar surface area (TPSA) is 57.8 Å². The summed E-state index contributed by atoms with van der Waals surface area (Å²) in [5.74, 6) is 0.975. The third-order valence-corrected chi connectivity index (χ3v) is 4.65. The first-order chi connectivity index (χ1) is 12.5. The fourth-order valence-electron chi connectivity index (χ4n) is 3.15. The lowest BCUT2D eigenvalue weighted by molar-refractivity contribution is 0.423. The second kappa shape index (κ2) is 6.45. The van der Waals surface area contributed by atoms with Crippen molar-refractivity contribution in [3.8, 4) is 5.75 Å². The number of phenolic OH excluding ortho intramolecular Hbond substituents is 1. The molecule has 3 rings (SSSR count). The van der Waals surface area contributed by atoms with Crippen LogP contribution in [0.2, 0.25) is 0 Å². The molecule has 0 unspecified atom stereocenters. The van der Waals surface area contributed by atoms with Gasteiger partial charge in [0.15, 0.2) is 5.84 Å². The Kier molecular flexibility index (Phi) is 4.54. The number of aromatic nitrogens is 1. The lowest BCUT2D eigenvalue weighted by Gasteiger charge is -2.28. The Bertz CT molecular complexity index is 920. The van der Waals surface area contributed by atoms with Gasteiger partial charge in [-0.15, -0.1) is 0 Å². The Morgan fingerprint density at radius 2 is 1.48 bits per heavy atom. The Hall–Kier alpha value is -2.75. The number of phenols is 1. The van der Waals surface area contributed by atoms with Crippen molar-refractivity contribution in [3.05, 3.63) is 71.2 Å². The van der Waals surface area contributed by atoms with Crippen molar-refractivity contribution in [2.45, 2.75) is 52.4 Å². The molecule has 27 heavy (non-hydrogen) atoms. The molecule has 1 aliphatic heterocycles. The summed E-state index contributed by atoms with van der Waals surface area (Å²) in [4.78, 5) is 13.5. The van der Waals surface area contributed by atoms with E-state index in [4.69, 9.17) is 4.99 Å². The molecular formula is C23H27N3O. The Morgan fingerprint density at radius 3 is 1.96 bits per heavy atom. The molecule has 4 nitrogen and oxygen atoms in total. The highest BCUT2D eigenvalue weighted by Crippen LogP contribution is 2.40. The summed E-state index contributed by atoms with van der Waals surface area (Å²) in [6, 6.07) is 7.81. The summed E-state index contributed by atoms with van der Waals surface area (Å²) in [6.07, 6.45) is 3.50. The first-order valence-electron chi connectivity index (χ1n) is 9.14. The number of aliphatic imine (C=N–C) groups is 2. The number of benzene rings is 1. The minimum Gasteiger partial charge on any atom is -0.507 e. The monoisotopic (exact) mass is 361 g/mol. The van der Waals surface area contributed by atoms with Crippen LogP contribution in [0.4, 0.5) is 0 Å². The lowest BCUT2D eigenvalue weighted by Crippen LogP contribution is -2.18. The van der Waals surface area contributed by atoms with Crippen molar-refractivity contribution in [2.24, 2.45) is 9.98 Å². The molecule has 4 heteroatoms. The summed E-state index contributed by atoms with van der Waals surface area (Å²) in [6.45, 7) is 16.6. The summed E-state index contributed by atoms with van der Waals surface area (Å²) < 4.78 is 0. The van der Waals surface area contributed by atoms with E-state index in [-0.39, 0.29) is 10.8 Å². The van der Waals surface area contributed by atoms with Gasteiger partial charge in [-0.1, -0.05) is 48.1 Å². The summed E-state index contributed by atoms with van der Waals surface area (Å²) in [7, 11) is 0. The molecule has 1 aliphatic rings. The number of hydrogen-bond donors (Lipinski definition) is 1. The maximum Gasteiger partial charge on any atom is 0.160 e. The first kappa shape index (κ1) is 19.0. The average molecular weight is 361 g/mol. The van der Waals surface area contributed by atoms with Gasteiger partial charge >= 0.3 is 0 Å². The number of amidine groups is 1. The van der Waals surface area contributed by atoms with Crippen LogP contribution in [-0.4, -0.2) is 21.6 Å². The van der Waals surface area contributed by atoms with Crippen molar-refractivity contribution >= 4 is 11.5 Å². The van der Waals surface area contributed by atoms with Crippen LogP contribution in [0.15, 0.2) is 58.9 Å². The molecule has 1 N–H and O–H groups in total. The molecule has 1 aromatic carbocycles. The third-order valence-electron chi connectivity index (χ3n) is 4.65. The van der Waals surface area contributed by atoms with Crippen LogP contribution in [0.25, 0.3) is 0 Å². The van der Waals surface area contributed by atoms with Crippen LogP contribution in [-0.2, 0) is 10.8 Å². The molecule has 0 bridgehead atoms. The number of nitrogens with zero attached hydrogens (tertiary/aromatic N) is 3. The third kappa shape index (κ3) is 3.70. The highest BCUT2D eigenvalue weighted by molar-refractivity contribution is 6.24. The second-order valence-corrected chi connectivity index (χ2v) is 9.00. The molecule has 0 fully saturated rings. The van der Waals surface area contributed by atoms with E-state index in [0.717, 1.165) is 28.0 Å². The van der Waals surface area contributed by atoms with E-state index in [0.29, 0.717) is 17.3 Å². The Balaban J connectivity index is 2.16. The number of rotatable bonds is 2. The van der Waals surface area contributed by atoms with Gasteiger partial charge in [-0.05, 0) is 35.1 Å².